The van der Waals surface area contributed by atoms with E-state index in [0.717, 1.165) is 27.4 Å². The van der Waals surface area contributed by atoms with Crippen molar-refractivity contribution in [1.82, 2.24) is 10.2 Å². The number of hydrogen-bond donors (Lipinski definition) is 1. The maximum Gasteiger partial charge on any atom is 0.264 e. The van der Waals surface area contributed by atoms with Crippen LogP contribution in [-0.4, -0.2) is 50.9 Å². The van der Waals surface area contributed by atoms with Gasteiger partial charge in [-0.2, -0.15) is 0 Å². The van der Waals surface area contributed by atoms with E-state index in [2.05, 4.69) is 21.2 Å². The molecule has 0 fully saturated rings. The molecule has 42 heavy (non-hydrogen) atoms. The van der Waals surface area contributed by atoms with Crippen LogP contribution in [0.3, 0.4) is 0 Å². The maximum atomic E-state index is 14.2. The van der Waals surface area contributed by atoms with Gasteiger partial charge in [0, 0.05) is 12.6 Å². The minimum Gasteiger partial charge on any atom is -0.496 e. The molecule has 0 saturated heterocycles. The lowest BCUT2D eigenvalue weighted by atomic mass is 10.1. The molecule has 2 atom stereocenters. The summed E-state index contributed by atoms with van der Waals surface area (Å²) in [5.41, 5.74) is 3.20. The van der Waals surface area contributed by atoms with E-state index >= 15 is 0 Å². The first-order valence-corrected chi connectivity index (χ1v) is 16.2. The van der Waals surface area contributed by atoms with Gasteiger partial charge in [-0.05, 0) is 85.4 Å². The normalized spacial score (nSPS) is 12.7. The Bertz CT molecular complexity index is 1480. The largest absolute Gasteiger partial charge is 0.496 e. The zero-order valence-corrected chi connectivity index (χ0v) is 27.5. The number of anilines is 1. The number of halogens is 1. The molecular weight excluding hydrogens is 618 g/mol. The zero-order valence-electron chi connectivity index (χ0n) is 25.1. The summed E-state index contributed by atoms with van der Waals surface area (Å²) in [5, 5.41) is 2.99. The predicted molar refractivity (Wildman–Crippen MR) is 170 cm³/mol. The van der Waals surface area contributed by atoms with E-state index in [1.807, 2.05) is 58.9 Å². The summed E-state index contributed by atoms with van der Waals surface area (Å²) < 4.78 is 35.0. The van der Waals surface area contributed by atoms with Gasteiger partial charge in [0.15, 0.2) is 0 Å². The summed E-state index contributed by atoms with van der Waals surface area (Å²) in [7, 11) is -2.70. The average Bonchev–Trinajstić information content (AvgIpc) is 2.97. The van der Waals surface area contributed by atoms with Crippen LogP contribution in [0.25, 0.3) is 0 Å². The highest BCUT2D eigenvalue weighted by atomic mass is 79.9. The second-order valence-electron chi connectivity index (χ2n) is 10.4. The molecule has 8 nitrogen and oxygen atoms in total. The van der Waals surface area contributed by atoms with E-state index in [0.29, 0.717) is 22.3 Å². The lowest BCUT2D eigenvalue weighted by Gasteiger charge is -2.33. The fourth-order valence-electron chi connectivity index (χ4n) is 4.43. The van der Waals surface area contributed by atoms with E-state index < -0.39 is 28.5 Å². The van der Waals surface area contributed by atoms with Crippen molar-refractivity contribution in [3.8, 4) is 5.75 Å². The molecular formula is C32H40BrN3O5S. The highest BCUT2D eigenvalue weighted by Crippen LogP contribution is 2.31. The van der Waals surface area contributed by atoms with Crippen molar-refractivity contribution in [2.24, 2.45) is 0 Å². The minimum atomic E-state index is -4.20. The Morgan fingerprint density at radius 3 is 2.05 bits per heavy atom. The molecule has 0 spiro atoms. The van der Waals surface area contributed by atoms with E-state index in [1.54, 1.807) is 30.3 Å². The van der Waals surface area contributed by atoms with Gasteiger partial charge in [-0.25, -0.2) is 8.42 Å². The second-order valence-corrected chi connectivity index (χ2v) is 13.1. The van der Waals surface area contributed by atoms with Crippen molar-refractivity contribution in [1.29, 1.82) is 0 Å². The molecule has 0 heterocycles. The predicted octanol–water partition coefficient (Wildman–Crippen LogP) is 5.99. The number of aryl methyl sites for hydroxylation is 2. The Hall–Kier alpha value is -3.37. The minimum absolute atomic E-state index is 0.00445. The van der Waals surface area contributed by atoms with Crippen LogP contribution in [0.1, 0.15) is 50.3 Å². The van der Waals surface area contributed by atoms with Gasteiger partial charge in [0.05, 0.1) is 22.2 Å². The summed E-state index contributed by atoms with van der Waals surface area (Å²) in [6.07, 6.45) is 1.10. The third-order valence-electron chi connectivity index (χ3n) is 7.17. The van der Waals surface area contributed by atoms with Crippen LogP contribution in [0, 0.1) is 13.8 Å². The number of benzene rings is 3. The Labute approximate surface area is 258 Å². The number of amides is 2. The molecule has 2 unspecified atom stereocenters. The van der Waals surface area contributed by atoms with Gasteiger partial charge in [-0.15, -0.1) is 0 Å². The number of nitrogens with zero attached hydrogens (tertiary/aromatic N) is 2. The molecule has 0 bridgehead atoms. The first kappa shape index (κ1) is 33.1. The Balaban J connectivity index is 2.07. The molecule has 0 aliphatic carbocycles. The molecule has 1 N–H and O–H groups in total. The van der Waals surface area contributed by atoms with Crippen LogP contribution in [0.2, 0.25) is 0 Å². The first-order chi connectivity index (χ1) is 19.9. The first-order valence-electron chi connectivity index (χ1n) is 14.0. The molecule has 0 saturated carbocycles. The zero-order chi connectivity index (χ0) is 31.0. The summed E-state index contributed by atoms with van der Waals surface area (Å²) in [6.45, 7) is 9.27. The van der Waals surface area contributed by atoms with Crippen LogP contribution in [0.4, 0.5) is 5.69 Å². The monoisotopic (exact) mass is 657 g/mol. The molecule has 2 amide bonds. The standard InChI is InChI=1S/C32H40BrN3O5S/c1-7-24(5)34-32(38)29(8-2)35(20-25-13-9-22(3)10-14-25)31(37)21-36(26-15-11-23(4)12-16-26)42(39,40)27-17-18-30(41-6)28(33)19-27/h9-19,24,29H,7-8,20-21H2,1-6H3,(H,34,38). The van der Waals surface area contributed by atoms with Crippen molar-refractivity contribution in [3.63, 3.8) is 0 Å². The van der Waals surface area contributed by atoms with Crippen LogP contribution < -0.4 is 14.4 Å². The maximum absolute atomic E-state index is 14.2. The number of sulfonamides is 1. The summed E-state index contributed by atoms with van der Waals surface area (Å²) in [4.78, 5) is 29.1. The molecule has 0 aromatic heterocycles. The number of nitrogens with one attached hydrogen (secondary N) is 1. The van der Waals surface area contributed by atoms with Crippen molar-refractivity contribution < 1.29 is 22.7 Å². The van der Waals surface area contributed by atoms with Crippen LogP contribution in [-0.2, 0) is 26.2 Å². The molecule has 0 aliphatic rings. The number of ether oxygens (including phenoxy) is 1. The van der Waals surface area contributed by atoms with E-state index in [1.165, 1.54) is 24.1 Å². The van der Waals surface area contributed by atoms with E-state index in [4.69, 9.17) is 4.74 Å². The molecule has 0 radical (unpaired) electrons. The molecule has 226 valence electrons. The third-order valence-corrected chi connectivity index (χ3v) is 9.56. The van der Waals surface area contributed by atoms with Gasteiger partial charge in [-0.3, -0.25) is 13.9 Å². The molecule has 0 aliphatic heterocycles. The van der Waals surface area contributed by atoms with Gasteiger partial charge in [0.25, 0.3) is 10.0 Å². The van der Waals surface area contributed by atoms with Gasteiger partial charge >= 0.3 is 0 Å². The topological polar surface area (TPSA) is 96.0 Å². The smallest absolute Gasteiger partial charge is 0.264 e. The van der Waals surface area contributed by atoms with E-state index in [-0.39, 0.29) is 23.4 Å². The van der Waals surface area contributed by atoms with Crippen LogP contribution in [0.5, 0.6) is 5.75 Å². The van der Waals surface area contributed by atoms with Gasteiger partial charge in [0.1, 0.15) is 18.3 Å². The molecule has 3 aromatic carbocycles. The number of carbonyl (C=O) groups excluding carboxylic acids is 2. The molecule has 3 rings (SSSR count). The molecule has 3 aromatic rings. The fraction of sp³-hybridized carbons (Fsp3) is 0.375. The van der Waals surface area contributed by atoms with Gasteiger partial charge in [-0.1, -0.05) is 61.4 Å². The highest BCUT2D eigenvalue weighted by Gasteiger charge is 2.34. The van der Waals surface area contributed by atoms with Crippen molar-refractivity contribution in [3.05, 3.63) is 87.9 Å². The average molecular weight is 659 g/mol. The van der Waals surface area contributed by atoms with Gasteiger partial charge < -0.3 is 15.0 Å². The quantitative estimate of drug-likeness (QED) is 0.244. The Kier molecular flexibility index (Phi) is 11.6. The summed E-state index contributed by atoms with van der Waals surface area (Å²) in [5.74, 6) is -0.274. The van der Waals surface area contributed by atoms with Crippen molar-refractivity contribution in [2.45, 2.75) is 71.0 Å². The van der Waals surface area contributed by atoms with E-state index in [9.17, 15) is 18.0 Å². The SMILES string of the molecule is CCC(C)NC(=O)C(CC)N(Cc1ccc(C)cc1)C(=O)CN(c1ccc(C)cc1)S(=O)(=O)c1ccc(OC)c(Br)c1. The Morgan fingerprint density at radius 1 is 0.929 bits per heavy atom. The second kappa shape index (κ2) is 14.7. The Morgan fingerprint density at radius 2 is 1.52 bits per heavy atom. The number of methoxy groups -OCH3 is 1. The lowest BCUT2D eigenvalue weighted by Crippen LogP contribution is -2.53. The highest BCUT2D eigenvalue weighted by molar-refractivity contribution is 9.10. The summed E-state index contributed by atoms with van der Waals surface area (Å²) >= 11 is 3.37. The summed E-state index contributed by atoms with van der Waals surface area (Å²) in [6, 6.07) is 18.3. The lowest BCUT2D eigenvalue weighted by molar-refractivity contribution is -0.140. The van der Waals surface area contributed by atoms with Crippen LogP contribution >= 0.6 is 15.9 Å². The number of rotatable bonds is 13. The van der Waals surface area contributed by atoms with Crippen LogP contribution in [0.15, 0.2) is 76.1 Å². The number of carbonyl (C=O) groups is 2. The number of hydrogen-bond acceptors (Lipinski definition) is 5. The third kappa shape index (κ3) is 8.13. The van der Waals surface area contributed by atoms with Crippen molar-refractivity contribution >= 4 is 43.5 Å². The van der Waals surface area contributed by atoms with Gasteiger partial charge in [0.2, 0.25) is 11.8 Å². The fourth-order valence-corrected chi connectivity index (χ4v) is 6.56. The molecule has 10 heteroatoms. The van der Waals surface area contributed by atoms with Crippen molar-refractivity contribution in [2.75, 3.05) is 18.0 Å².